The Labute approximate surface area is 113 Å². The first-order valence-corrected chi connectivity index (χ1v) is 6.30. The molecule has 0 fully saturated rings. The lowest BCUT2D eigenvalue weighted by Gasteiger charge is -2.12. The van der Waals surface area contributed by atoms with Gasteiger partial charge in [-0.15, -0.1) is 0 Å². The van der Waals surface area contributed by atoms with Gasteiger partial charge in [-0.05, 0) is 45.6 Å². The summed E-state index contributed by atoms with van der Waals surface area (Å²) in [5.74, 6) is -1.00. The van der Waals surface area contributed by atoms with Crippen molar-refractivity contribution < 1.29 is 9.90 Å². The van der Waals surface area contributed by atoms with Crippen molar-refractivity contribution in [1.82, 2.24) is 4.90 Å². The fraction of sp³-hybridized carbons (Fsp3) is 0.462. The minimum absolute atomic E-state index is 0.145. The van der Waals surface area contributed by atoms with E-state index < -0.39 is 5.97 Å². The number of carboxylic acid groups (broad SMARTS) is 1. The van der Waals surface area contributed by atoms with Gasteiger partial charge in [0.25, 0.3) is 0 Å². The van der Waals surface area contributed by atoms with E-state index in [-0.39, 0.29) is 10.6 Å². The topological polar surface area (TPSA) is 52.6 Å². The second-order valence-electron chi connectivity index (χ2n) is 4.40. The van der Waals surface area contributed by atoms with E-state index in [4.69, 9.17) is 16.7 Å². The molecule has 5 heteroatoms. The van der Waals surface area contributed by atoms with Crippen molar-refractivity contribution in [2.75, 3.05) is 32.5 Å². The quantitative estimate of drug-likeness (QED) is 0.748. The van der Waals surface area contributed by atoms with E-state index in [1.807, 2.05) is 14.1 Å². The normalized spacial score (nSPS) is 10.7. The van der Waals surface area contributed by atoms with Crippen molar-refractivity contribution in [3.05, 3.63) is 28.8 Å². The molecule has 0 aliphatic heterocycles. The molecule has 100 valence electrons. The maximum atomic E-state index is 11.1. The Bertz CT molecular complexity index is 408. The monoisotopic (exact) mass is 270 g/mol. The summed E-state index contributed by atoms with van der Waals surface area (Å²) in [6.07, 6.45) is 2.06. The molecule has 1 aromatic rings. The molecule has 0 aromatic heterocycles. The van der Waals surface area contributed by atoms with Gasteiger partial charge in [0.05, 0.1) is 10.7 Å². The Morgan fingerprint density at radius 2 is 2.11 bits per heavy atom. The van der Waals surface area contributed by atoms with Crippen molar-refractivity contribution in [2.45, 2.75) is 12.8 Å². The summed E-state index contributed by atoms with van der Waals surface area (Å²) in [5.41, 5.74) is 0.728. The second-order valence-corrected chi connectivity index (χ2v) is 4.81. The van der Waals surface area contributed by atoms with E-state index in [1.54, 1.807) is 18.2 Å². The first kappa shape index (κ1) is 14.8. The highest BCUT2D eigenvalue weighted by Crippen LogP contribution is 2.24. The molecule has 1 aromatic carbocycles. The van der Waals surface area contributed by atoms with Gasteiger partial charge in [-0.2, -0.15) is 0 Å². The average molecular weight is 271 g/mol. The van der Waals surface area contributed by atoms with Crippen LogP contribution in [0.2, 0.25) is 5.02 Å². The summed E-state index contributed by atoms with van der Waals surface area (Å²) in [6.45, 7) is 1.78. The smallest absolute Gasteiger partial charge is 0.339 e. The van der Waals surface area contributed by atoms with Crippen LogP contribution in [0.4, 0.5) is 5.69 Å². The van der Waals surface area contributed by atoms with Gasteiger partial charge in [0, 0.05) is 6.54 Å². The fourth-order valence-electron chi connectivity index (χ4n) is 1.66. The summed E-state index contributed by atoms with van der Waals surface area (Å²) < 4.78 is 0. The van der Waals surface area contributed by atoms with Crippen LogP contribution in [0.1, 0.15) is 23.2 Å². The number of carboxylic acids is 1. The Morgan fingerprint density at radius 1 is 1.39 bits per heavy atom. The largest absolute Gasteiger partial charge is 0.478 e. The van der Waals surface area contributed by atoms with E-state index >= 15 is 0 Å². The van der Waals surface area contributed by atoms with Crippen molar-refractivity contribution in [1.29, 1.82) is 0 Å². The van der Waals surface area contributed by atoms with Gasteiger partial charge in [-0.1, -0.05) is 17.7 Å². The van der Waals surface area contributed by atoms with Crippen molar-refractivity contribution in [2.24, 2.45) is 0 Å². The van der Waals surface area contributed by atoms with E-state index in [0.717, 1.165) is 25.9 Å². The van der Waals surface area contributed by atoms with Crippen molar-refractivity contribution in [3.63, 3.8) is 0 Å². The van der Waals surface area contributed by atoms with Gasteiger partial charge < -0.3 is 15.3 Å². The van der Waals surface area contributed by atoms with E-state index in [0.29, 0.717) is 5.69 Å². The van der Waals surface area contributed by atoms with Gasteiger partial charge in [-0.25, -0.2) is 4.79 Å². The standard InChI is InChI=1S/C13H19ClN2O2/c1-16(2)9-4-3-8-15-11-7-5-6-10(14)12(11)13(17)18/h5-7,15H,3-4,8-9H2,1-2H3,(H,17,18). The zero-order chi connectivity index (χ0) is 13.5. The first-order valence-electron chi connectivity index (χ1n) is 5.92. The zero-order valence-electron chi connectivity index (χ0n) is 10.7. The average Bonchev–Trinajstić information content (AvgIpc) is 2.27. The molecule has 0 aliphatic rings. The molecule has 0 spiro atoms. The highest BCUT2D eigenvalue weighted by atomic mass is 35.5. The van der Waals surface area contributed by atoms with Gasteiger partial charge in [0.1, 0.15) is 5.56 Å². The van der Waals surface area contributed by atoms with Gasteiger partial charge in [-0.3, -0.25) is 0 Å². The number of benzene rings is 1. The number of unbranched alkanes of at least 4 members (excludes halogenated alkanes) is 1. The lowest BCUT2D eigenvalue weighted by atomic mass is 10.1. The third kappa shape index (κ3) is 4.55. The molecule has 0 heterocycles. The third-order valence-corrected chi connectivity index (χ3v) is 2.89. The number of nitrogens with zero attached hydrogens (tertiary/aromatic N) is 1. The van der Waals surface area contributed by atoms with Crippen molar-refractivity contribution >= 4 is 23.3 Å². The van der Waals surface area contributed by atoms with Crippen LogP contribution in [-0.2, 0) is 0 Å². The predicted molar refractivity (Wildman–Crippen MR) is 74.7 cm³/mol. The summed E-state index contributed by atoms with van der Waals surface area (Å²) in [6, 6.07) is 5.07. The molecule has 0 saturated carbocycles. The molecular weight excluding hydrogens is 252 g/mol. The molecule has 0 amide bonds. The van der Waals surface area contributed by atoms with Gasteiger partial charge in [0.15, 0.2) is 0 Å². The van der Waals surface area contributed by atoms with Crippen LogP contribution in [0, 0.1) is 0 Å². The summed E-state index contributed by atoms with van der Waals surface area (Å²) in [7, 11) is 4.07. The lowest BCUT2D eigenvalue weighted by molar-refractivity contribution is 0.0698. The van der Waals surface area contributed by atoms with Crippen LogP contribution in [0.15, 0.2) is 18.2 Å². The third-order valence-electron chi connectivity index (χ3n) is 2.58. The van der Waals surface area contributed by atoms with E-state index in [1.165, 1.54) is 0 Å². The van der Waals surface area contributed by atoms with Gasteiger partial charge in [0.2, 0.25) is 0 Å². The molecule has 0 atom stereocenters. The molecular formula is C13H19ClN2O2. The SMILES string of the molecule is CN(C)CCCCNc1cccc(Cl)c1C(=O)O. The molecule has 18 heavy (non-hydrogen) atoms. The van der Waals surface area contributed by atoms with Crippen LogP contribution in [-0.4, -0.2) is 43.2 Å². The lowest BCUT2D eigenvalue weighted by Crippen LogP contribution is -2.14. The molecule has 0 unspecified atom stereocenters. The van der Waals surface area contributed by atoms with Gasteiger partial charge >= 0.3 is 5.97 Å². The maximum Gasteiger partial charge on any atom is 0.339 e. The fourth-order valence-corrected chi connectivity index (χ4v) is 1.92. The maximum absolute atomic E-state index is 11.1. The molecule has 0 radical (unpaired) electrons. The Balaban J connectivity index is 2.52. The van der Waals surface area contributed by atoms with Crippen LogP contribution in [0.25, 0.3) is 0 Å². The predicted octanol–water partition coefficient (Wildman–Crippen LogP) is 2.79. The highest BCUT2D eigenvalue weighted by molar-refractivity contribution is 6.34. The number of nitrogens with one attached hydrogen (secondary N) is 1. The van der Waals surface area contributed by atoms with Crippen LogP contribution < -0.4 is 5.32 Å². The number of hydrogen-bond acceptors (Lipinski definition) is 3. The summed E-state index contributed by atoms with van der Waals surface area (Å²) in [4.78, 5) is 13.2. The van der Waals surface area contributed by atoms with Crippen molar-refractivity contribution in [3.8, 4) is 0 Å². The highest BCUT2D eigenvalue weighted by Gasteiger charge is 2.13. The molecule has 4 nitrogen and oxygen atoms in total. The first-order chi connectivity index (χ1) is 8.52. The molecule has 0 aliphatic carbocycles. The zero-order valence-corrected chi connectivity index (χ0v) is 11.5. The Morgan fingerprint density at radius 3 is 2.72 bits per heavy atom. The van der Waals surface area contributed by atoms with E-state index in [9.17, 15) is 4.79 Å². The molecule has 2 N–H and O–H groups in total. The van der Waals surface area contributed by atoms with Crippen LogP contribution >= 0.6 is 11.6 Å². The molecule has 1 rings (SSSR count). The number of carbonyl (C=O) groups is 1. The summed E-state index contributed by atoms with van der Waals surface area (Å²) in [5, 5.41) is 12.5. The van der Waals surface area contributed by atoms with Crippen LogP contribution in [0.5, 0.6) is 0 Å². The molecule has 0 saturated heterocycles. The number of rotatable bonds is 7. The van der Waals surface area contributed by atoms with E-state index in [2.05, 4.69) is 10.2 Å². The number of hydrogen-bond donors (Lipinski definition) is 2. The minimum Gasteiger partial charge on any atom is -0.478 e. The second kappa shape index (κ2) is 7.24. The Hall–Kier alpha value is -1.26. The minimum atomic E-state index is -1.00. The number of aromatic carboxylic acids is 1. The van der Waals surface area contributed by atoms with Crippen LogP contribution in [0.3, 0.4) is 0 Å². The Kier molecular flexibility index (Phi) is 5.95. The number of anilines is 1. The number of halogens is 1. The summed E-state index contributed by atoms with van der Waals surface area (Å²) >= 11 is 5.88. The molecule has 0 bridgehead atoms.